The van der Waals surface area contributed by atoms with Crippen LogP contribution in [-0.4, -0.2) is 70.4 Å². The number of hydrogen-bond acceptors (Lipinski definition) is 5. The number of rotatable bonds is 5. The van der Waals surface area contributed by atoms with E-state index in [4.69, 9.17) is 14.2 Å². The molecule has 0 N–H and O–H groups in total. The smallest absolute Gasteiger partial charge is 1.00 e. The number of ether oxygens (including phenoxy) is 3. The van der Waals surface area contributed by atoms with E-state index in [-0.39, 0.29) is 58.5 Å². The number of carbonyl (C=O) groups excluding carboxylic acids is 1. The SMILES string of the molecule is CCC1([O-])C[C@H](OC2CCCCO2)[C@H](CC2CCCCC2)N1C(=O)OC(C)(C)C.[Br-].[Mg+2]. The summed E-state index contributed by atoms with van der Waals surface area (Å²) in [6.07, 6.45) is 9.51. The molecule has 0 bridgehead atoms. The number of halogens is 1. The molecule has 3 aliphatic rings. The van der Waals surface area contributed by atoms with E-state index in [0.717, 1.165) is 25.7 Å². The first kappa shape index (κ1) is 29.4. The summed E-state index contributed by atoms with van der Waals surface area (Å²) in [7, 11) is 0. The Morgan fingerprint density at radius 2 is 1.77 bits per heavy atom. The van der Waals surface area contributed by atoms with Gasteiger partial charge in [-0.05, 0) is 70.9 Å². The van der Waals surface area contributed by atoms with Crippen LogP contribution in [0.5, 0.6) is 0 Å². The average molecular weight is 515 g/mol. The van der Waals surface area contributed by atoms with Gasteiger partial charge >= 0.3 is 29.1 Å². The first-order chi connectivity index (χ1) is 13.7. The zero-order chi connectivity index (χ0) is 21.1. The standard InChI is InChI=1S/C23H40NO5.BrH.Mg/c1-5-23(26)16-19(28-20-13-9-10-14-27-20)18(15-17-11-7-6-8-12-17)24(23)21(25)29-22(2,3)4;;/h17-20H,5-16H2,1-4H3;1H;/q-1;;+2/p-1/t18-,19-,20?,23?;;/m0../s1. The van der Waals surface area contributed by atoms with E-state index in [1.165, 1.54) is 37.0 Å². The minimum absolute atomic E-state index is 0. The minimum atomic E-state index is -1.49. The van der Waals surface area contributed by atoms with Crippen molar-refractivity contribution in [2.75, 3.05) is 6.61 Å². The fourth-order valence-corrected chi connectivity index (χ4v) is 5.12. The van der Waals surface area contributed by atoms with Crippen molar-refractivity contribution in [3.8, 4) is 0 Å². The topological polar surface area (TPSA) is 71.1 Å². The normalized spacial score (nSPS) is 32.2. The molecule has 0 aromatic rings. The van der Waals surface area contributed by atoms with Crippen molar-refractivity contribution in [1.82, 2.24) is 4.90 Å². The molecule has 8 heteroatoms. The molecule has 2 unspecified atom stereocenters. The number of likely N-dealkylation sites (tertiary alicyclic amines) is 1. The summed E-state index contributed by atoms with van der Waals surface area (Å²) in [4.78, 5) is 14.6. The summed E-state index contributed by atoms with van der Waals surface area (Å²) >= 11 is 0. The maximum atomic E-state index is 13.7. The summed E-state index contributed by atoms with van der Waals surface area (Å²) in [5.41, 5.74) is -2.12. The van der Waals surface area contributed by atoms with Gasteiger partial charge in [0.15, 0.2) is 6.29 Å². The van der Waals surface area contributed by atoms with Crippen molar-refractivity contribution >= 4 is 29.1 Å². The van der Waals surface area contributed by atoms with Crippen LogP contribution in [0, 0.1) is 5.92 Å². The zero-order valence-corrected chi connectivity index (χ0v) is 22.9. The van der Waals surface area contributed by atoms with Crippen LogP contribution in [0.3, 0.4) is 0 Å². The fourth-order valence-electron chi connectivity index (χ4n) is 5.12. The van der Waals surface area contributed by atoms with Gasteiger partial charge in [0, 0.05) is 6.61 Å². The quantitative estimate of drug-likeness (QED) is 0.512. The molecule has 6 nitrogen and oxygen atoms in total. The first-order valence-corrected chi connectivity index (χ1v) is 11.7. The first-order valence-electron chi connectivity index (χ1n) is 11.7. The molecule has 2 heterocycles. The zero-order valence-electron chi connectivity index (χ0n) is 19.9. The molecular formula is C23H40BrMgNO5. The monoisotopic (exact) mass is 513 g/mol. The van der Waals surface area contributed by atoms with Crippen LogP contribution in [0.2, 0.25) is 0 Å². The largest absolute Gasteiger partial charge is 2.00 e. The van der Waals surface area contributed by atoms with E-state index in [1.807, 2.05) is 27.7 Å². The number of hydrogen-bond donors (Lipinski definition) is 0. The third-order valence-corrected chi connectivity index (χ3v) is 6.63. The summed E-state index contributed by atoms with van der Waals surface area (Å²) < 4.78 is 17.8. The molecule has 3 rings (SSSR count). The second-order valence-corrected chi connectivity index (χ2v) is 10.1. The molecule has 176 valence electrons. The molecule has 0 spiro atoms. The molecule has 0 aromatic heterocycles. The third kappa shape index (κ3) is 7.99. The van der Waals surface area contributed by atoms with Crippen LogP contribution in [0.25, 0.3) is 0 Å². The Labute approximate surface area is 215 Å². The van der Waals surface area contributed by atoms with E-state index >= 15 is 0 Å². The van der Waals surface area contributed by atoms with E-state index in [0.29, 0.717) is 25.4 Å². The number of nitrogens with zero attached hydrogens (tertiary/aromatic N) is 1. The Kier molecular flexibility index (Phi) is 12.1. The van der Waals surface area contributed by atoms with Crippen molar-refractivity contribution in [2.45, 2.75) is 128 Å². The number of amides is 1. The Bertz CT molecular complexity index is 549. The Hall–Kier alpha value is 0.396. The van der Waals surface area contributed by atoms with Gasteiger partial charge in [0.1, 0.15) is 5.60 Å². The molecule has 1 saturated carbocycles. The summed E-state index contributed by atoms with van der Waals surface area (Å²) in [5, 5.41) is 13.7. The number of carbonyl (C=O) groups is 1. The van der Waals surface area contributed by atoms with Gasteiger partial charge < -0.3 is 41.2 Å². The van der Waals surface area contributed by atoms with Gasteiger partial charge in [-0.2, -0.15) is 0 Å². The minimum Gasteiger partial charge on any atom is -1.00 e. The second-order valence-electron chi connectivity index (χ2n) is 10.1. The molecule has 3 fully saturated rings. The van der Waals surface area contributed by atoms with Crippen molar-refractivity contribution in [3.05, 3.63) is 0 Å². The molecule has 1 amide bonds. The molecule has 2 aliphatic heterocycles. The van der Waals surface area contributed by atoms with E-state index in [9.17, 15) is 9.90 Å². The Morgan fingerprint density at radius 3 is 2.32 bits per heavy atom. The molecule has 1 aliphatic carbocycles. The van der Waals surface area contributed by atoms with Gasteiger partial charge in [-0.15, -0.1) is 0 Å². The summed E-state index contributed by atoms with van der Waals surface area (Å²) in [6.45, 7) is 8.11. The molecular weight excluding hydrogens is 474 g/mol. The van der Waals surface area contributed by atoms with E-state index in [2.05, 4.69) is 0 Å². The predicted molar refractivity (Wildman–Crippen MR) is 115 cm³/mol. The second kappa shape index (κ2) is 12.7. The molecule has 0 radical (unpaired) electrons. The predicted octanol–water partition coefficient (Wildman–Crippen LogP) is 0.968. The van der Waals surface area contributed by atoms with Crippen molar-refractivity contribution in [1.29, 1.82) is 0 Å². The van der Waals surface area contributed by atoms with Crippen LogP contribution in [-0.2, 0) is 14.2 Å². The van der Waals surface area contributed by atoms with Crippen LogP contribution in [0.1, 0.15) is 98.3 Å². The maximum Gasteiger partial charge on any atom is 2.00 e. The Morgan fingerprint density at radius 1 is 1.13 bits per heavy atom. The van der Waals surface area contributed by atoms with Crippen molar-refractivity contribution < 1.29 is 41.1 Å². The maximum absolute atomic E-state index is 13.7. The van der Waals surface area contributed by atoms with E-state index in [1.54, 1.807) is 0 Å². The summed E-state index contributed by atoms with van der Waals surface area (Å²) in [6, 6.07) is -0.240. The van der Waals surface area contributed by atoms with Crippen molar-refractivity contribution in [2.24, 2.45) is 5.92 Å². The van der Waals surface area contributed by atoms with Crippen molar-refractivity contribution in [3.63, 3.8) is 0 Å². The van der Waals surface area contributed by atoms with Gasteiger partial charge in [0.2, 0.25) is 0 Å². The van der Waals surface area contributed by atoms with Crippen LogP contribution >= 0.6 is 0 Å². The molecule has 31 heavy (non-hydrogen) atoms. The van der Waals surface area contributed by atoms with E-state index < -0.39 is 17.4 Å². The molecule has 0 aromatic carbocycles. The van der Waals surface area contributed by atoms with Gasteiger partial charge in [0.05, 0.1) is 12.1 Å². The van der Waals surface area contributed by atoms with Gasteiger partial charge in [-0.25, -0.2) is 4.79 Å². The fraction of sp³-hybridized carbons (Fsp3) is 0.957. The van der Waals surface area contributed by atoms with Gasteiger partial charge in [-0.3, -0.25) is 0 Å². The van der Waals surface area contributed by atoms with Crippen LogP contribution in [0.15, 0.2) is 0 Å². The Balaban J connectivity index is 0.00000240. The third-order valence-electron chi connectivity index (χ3n) is 6.63. The molecule has 2 saturated heterocycles. The van der Waals surface area contributed by atoms with Crippen LogP contribution in [0.4, 0.5) is 4.79 Å². The molecule has 4 atom stereocenters. The average Bonchev–Trinajstić information content (AvgIpc) is 2.94. The van der Waals surface area contributed by atoms with Gasteiger partial charge in [-0.1, -0.05) is 39.0 Å². The van der Waals surface area contributed by atoms with Crippen LogP contribution < -0.4 is 22.1 Å². The van der Waals surface area contributed by atoms with Gasteiger partial charge in [0.25, 0.3) is 0 Å². The summed E-state index contributed by atoms with van der Waals surface area (Å²) in [5.74, 6) is 0.538.